The van der Waals surface area contributed by atoms with Crippen LogP contribution in [0.4, 0.5) is 11.6 Å². The van der Waals surface area contributed by atoms with Gasteiger partial charge in [-0.1, -0.05) is 11.6 Å². The third-order valence-electron chi connectivity index (χ3n) is 2.02. The molecule has 3 N–H and O–H groups in total. The number of hydrogen-bond acceptors (Lipinski definition) is 4. The number of amides is 1. The summed E-state index contributed by atoms with van der Waals surface area (Å²) in [5.41, 5.74) is 6.60. The number of nitrogens with one attached hydrogen (secondary N) is 1. The summed E-state index contributed by atoms with van der Waals surface area (Å²) in [7, 11) is 0. The molecular formula is C11H9ClN4O. The van der Waals surface area contributed by atoms with Gasteiger partial charge in [-0.2, -0.15) is 0 Å². The maximum atomic E-state index is 11.8. The number of nitrogens with two attached hydrogens (primary N) is 1. The Balaban J connectivity index is 2.14. The molecule has 0 fully saturated rings. The van der Waals surface area contributed by atoms with E-state index in [1.807, 2.05) is 0 Å². The number of carbonyl (C=O) groups is 1. The summed E-state index contributed by atoms with van der Waals surface area (Å²) >= 11 is 5.68. The summed E-state index contributed by atoms with van der Waals surface area (Å²) in [5, 5.41) is 2.80. The Kier molecular flexibility index (Phi) is 3.20. The monoisotopic (exact) mass is 248 g/mol. The maximum Gasteiger partial charge on any atom is 0.258 e. The van der Waals surface area contributed by atoms with Gasteiger partial charge in [0.1, 0.15) is 5.15 Å². The number of halogens is 1. The van der Waals surface area contributed by atoms with E-state index in [0.717, 1.165) is 0 Å². The van der Waals surface area contributed by atoms with Crippen molar-refractivity contribution in [3.63, 3.8) is 0 Å². The predicted molar refractivity (Wildman–Crippen MR) is 65.8 cm³/mol. The van der Waals surface area contributed by atoms with Crippen molar-refractivity contribution < 1.29 is 4.79 Å². The third-order valence-corrected chi connectivity index (χ3v) is 2.23. The first-order chi connectivity index (χ1) is 8.15. The number of hydrogen-bond donors (Lipinski definition) is 2. The van der Waals surface area contributed by atoms with E-state index in [-0.39, 0.29) is 17.0 Å². The Hall–Kier alpha value is -2.14. The van der Waals surface area contributed by atoms with E-state index in [0.29, 0.717) is 11.3 Å². The first kappa shape index (κ1) is 11.3. The minimum Gasteiger partial charge on any atom is -0.399 e. The van der Waals surface area contributed by atoms with Gasteiger partial charge in [0.2, 0.25) is 5.95 Å². The fourth-order valence-corrected chi connectivity index (χ4v) is 1.34. The van der Waals surface area contributed by atoms with Crippen molar-refractivity contribution in [1.82, 2.24) is 9.97 Å². The van der Waals surface area contributed by atoms with Crippen molar-refractivity contribution in [3.05, 3.63) is 47.2 Å². The highest BCUT2D eigenvalue weighted by Gasteiger charge is 2.07. The molecule has 1 aromatic carbocycles. The zero-order valence-corrected chi connectivity index (χ0v) is 9.48. The van der Waals surface area contributed by atoms with Crippen LogP contribution in [-0.4, -0.2) is 15.9 Å². The number of benzene rings is 1. The molecule has 0 aliphatic rings. The largest absolute Gasteiger partial charge is 0.399 e. The SMILES string of the molecule is Nc1ccc(C(=O)Nc2nccc(Cl)n2)cc1. The zero-order chi connectivity index (χ0) is 12.3. The van der Waals surface area contributed by atoms with Crippen LogP contribution in [0.25, 0.3) is 0 Å². The van der Waals surface area contributed by atoms with Crippen molar-refractivity contribution in [2.24, 2.45) is 0 Å². The molecule has 1 amide bonds. The molecule has 86 valence electrons. The van der Waals surface area contributed by atoms with E-state index in [1.54, 1.807) is 24.3 Å². The molecule has 0 unspecified atom stereocenters. The zero-order valence-electron chi connectivity index (χ0n) is 8.72. The molecule has 17 heavy (non-hydrogen) atoms. The highest BCUT2D eigenvalue weighted by atomic mass is 35.5. The fraction of sp³-hybridized carbons (Fsp3) is 0. The van der Waals surface area contributed by atoms with Crippen LogP contribution in [0.1, 0.15) is 10.4 Å². The first-order valence-corrected chi connectivity index (χ1v) is 5.18. The van der Waals surface area contributed by atoms with Crippen molar-refractivity contribution in [2.75, 3.05) is 11.1 Å². The molecule has 5 nitrogen and oxygen atoms in total. The molecule has 1 aromatic heterocycles. The average Bonchev–Trinajstić information content (AvgIpc) is 2.29. The van der Waals surface area contributed by atoms with Gasteiger partial charge in [0.05, 0.1) is 0 Å². The van der Waals surface area contributed by atoms with Crippen LogP contribution < -0.4 is 11.1 Å². The first-order valence-electron chi connectivity index (χ1n) is 4.80. The van der Waals surface area contributed by atoms with Gasteiger partial charge < -0.3 is 5.73 Å². The van der Waals surface area contributed by atoms with Crippen LogP contribution in [-0.2, 0) is 0 Å². The lowest BCUT2D eigenvalue weighted by Gasteiger charge is -2.03. The van der Waals surface area contributed by atoms with Gasteiger partial charge in [-0.15, -0.1) is 0 Å². The van der Waals surface area contributed by atoms with E-state index < -0.39 is 0 Å². The van der Waals surface area contributed by atoms with Crippen LogP contribution in [0.5, 0.6) is 0 Å². The second-order valence-electron chi connectivity index (χ2n) is 3.28. The Labute approximate surface area is 103 Å². The van der Waals surface area contributed by atoms with E-state index in [4.69, 9.17) is 17.3 Å². The highest BCUT2D eigenvalue weighted by molar-refractivity contribution is 6.29. The molecule has 0 saturated carbocycles. The van der Waals surface area contributed by atoms with Gasteiger partial charge in [0, 0.05) is 17.4 Å². The molecule has 2 aromatic rings. The summed E-state index contributed by atoms with van der Waals surface area (Å²) in [6.07, 6.45) is 1.47. The lowest BCUT2D eigenvalue weighted by molar-refractivity contribution is 0.102. The molecule has 6 heteroatoms. The normalized spacial score (nSPS) is 9.94. The molecule has 0 saturated heterocycles. The lowest BCUT2D eigenvalue weighted by atomic mass is 10.2. The van der Waals surface area contributed by atoms with Gasteiger partial charge >= 0.3 is 0 Å². The fourth-order valence-electron chi connectivity index (χ4n) is 1.21. The van der Waals surface area contributed by atoms with Gasteiger partial charge in [-0.05, 0) is 30.3 Å². The minimum absolute atomic E-state index is 0.166. The molecule has 0 radical (unpaired) electrons. The standard InChI is InChI=1S/C11H9ClN4O/c12-9-5-6-14-11(15-9)16-10(17)7-1-3-8(13)4-2-7/h1-6H,13H2,(H,14,15,16,17). The van der Waals surface area contributed by atoms with Gasteiger partial charge in [-0.3, -0.25) is 10.1 Å². The Morgan fingerprint density at radius 3 is 2.59 bits per heavy atom. The molecule has 2 rings (SSSR count). The molecule has 0 aliphatic carbocycles. The molecule has 0 spiro atoms. The van der Waals surface area contributed by atoms with Crippen LogP contribution >= 0.6 is 11.6 Å². The average molecular weight is 249 g/mol. The van der Waals surface area contributed by atoms with Crippen LogP contribution in [0.3, 0.4) is 0 Å². The quantitative estimate of drug-likeness (QED) is 0.629. The van der Waals surface area contributed by atoms with Crippen molar-refractivity contribution >= 4 is 29.1 Å². The summed E-state index contributed by atoms with van der Waals surface area (Å²) in [6, 6.07) is 8.06. The minimum atomic E-state index is -0.313. The van der Waals surface area contributed by atoms with Crippen molar-refractivity contribution in [1.29, 1.82) is 0 Å². The highest BCUT2D eigenvalue weighted by Crippen LogP contribution is 2.09. The van der Waals surface area contributed by atoms with Gasteiger partial charge in [0.25, 0.3) is 5.91 Å². The second kappa shape index (κ2) is 4.80. The molecule has 0 atom stereocenters. The Morgan fingerprint density at radius 2 is 1.94 bits per heavy atom. The summed E-state index contributed by atoms with van der Waals surface area (Å²) in [6.45, 7) is 0. The summed E-state index contributed by atoms with van der Waals surface area (Å²) in [4.78, 5) is 19.5. The number of anilines is 2. The predicted octanol–water partition coefficient (Wildman–Crippen LogP) is 1.96. The van der Waals surface area contributed by atoms with Gasteiger partial charge in [0.15, 0.2) is 0 Å². The molecule has 1 heterocycles. The van der Waals surface area contributed by atoms with Crippen LogP contribution in [0, 0.1) is 0 Å². The maximum absolute atomic E-state index is 11.8. The van der Waals surface area contributed by atoms with Crippen molar-refractivity contribution in [3.8, 4) is 0 Å². The summed E-state index contributed by atoms with van der Waals surface area (Å²) in [5.74, 6) is -0.147. The topological polar surface area (TPSA) is 80.9 Å². The smallest absolute Gasteiger partial charge is 0.258 e. The lowest BCUT2D eigenvalue weighted by Crippen LogP contribution is -2.14. The molecule has 0 bridgehead atoms. The molecule has 0 aliphatic heterocycles. The van der Waals surface area contributed by atoms with Gasteiger partial charge in [-0.25, -0.2) is 9.97 Å². The van der Waals surface area contributed by atoms with E-state index >= 15 is 0 Å². The number of aromatic nitrogens is 2. The number of nitrogen functional groups attached to an aromatic ring is 1. The van der Waals surface area contributed by atoms with E-state index in [9.17, 15) is 4.79 Å². The van der Waals surface area contributed by atoms with Crippen LogP contribution in [0.15, 0.2) is 36.5 Å². The number of rotatable bonds is 2. The van der Waals surface area contributed by atoms with Crippen LogP contribution in [0.2, 0.25) is 5.15 Å². The van der Waals surface area contributed by atoms with Crippen molar-refractivity contribution in [2.45, 2.75) is 0 Å². The second-order valence-corrected chi connectivity index (χ2v) is 3.67. The third kappa shape index (κ3) is 2.92. The van der Waals surface area contributed by atoms with E-state index in [2.05, 4.69) is 15.3 Å². The van der Waals surface area contributed by atoms with E-state index in [1.165, 1.54) is 12.3 Å². The Bertz CT molecular complexity index is 541. The summed E-state index contributed by atoms with van der Waals surface area (Å²) < 4.78 is 0. The number of nitrogens with zero attached hydrogens (tertiary/aromatic N) is 2. The Morgan fingerprint density at radius 1 is 1.24 bits per heavy atom. The number of carbonyl (C=O) groups excluding carboxylic acids is 1. The molecular weight excluding hydrogens is 240 g/mol.